The minimum absolute atomic E-state index is 0.195. The molecule has 0 spiro atoms. The Balaban J connectivity index is 2.17. The fraction of sp³-hybridized carbons (Fsp3) is 0.438. The molecule has 114 valence electrons. The number of hydrogen-bond acceptors (Lipinski definition) is 2. The largest absolute Gasteiger partial charge is 0.313 e. The molecule has 2 unspecified atom stereocenters. The van der Waals surface area contributed by atoms with E-state index >= 15 is 0 Å². The first-order chi connectivity index (χ1) is 10.0. The van der Waals surface area contributed by atoms with E-state index in [1.54, 1.807) is 0 Å². The van der Waals surface area contributed by atoms with E-state index in [2.05, 4.69) is 58.5 Å². The average molecular weight is 371 g/mol. The fourth-order valence-electron chi connectivity index (χ4n) is 2.29. The SMILES string of the molecule is CCC(C)n1ccc(CC(NC)c2cc(Cl)cc(Br)c2)n1. The van der Waals surface area contributed by atoms with E-state index in [1.165, 1.54) is 0 Å². The number of halogens is 2. The summed E-state index contributed by atoms with van der Waals surface area (Å²) in [6.45, 7) is 4.35. The van der Waals surface area contributed by atoms with Crippen LogP contribution in [0.5, 0.6) is 0 Å². The van der Waals surface area contributed by atoms with Crippen LogP contribution in [0.4, 0.5) is 0 Å². The van der Waals surface area contributed by atoms with E-state index in [-0.39, 0.29) is 6.04 Å². The number of likely N-dealkylation sites (N-methyl/N-ethyl adjacent to an activating group) is 1. The normalized spacial score (nSPS) is 14.1. The summed E-state index contributed by atoms with van der Waals surface area (Å²) in [5, 5.41) is 8.76. The zero-order valence-corrected chi connectivity index (χ0v) is 14.9. The van der Waals surface area contributed by atoms with E-state index in [4.69, 9.17) is 11.6 Å². The maximum Gasteiger partial charge on any atom is 0.0643 e. The lowest BCUT2D eigenvalue weighted by Crippen LogP contribution is -2.19. The van der Waals surface area contributed by atoms with E-state index < -0.39 is 0 Å². The monoisotopic (exact) mass is 369 g/mol. The molecule has 21 heavy (non-hydrogen) atoms. The van der Waals surface area contributed by atoms with Crippen LogP contribution in [0.15, 0.2) is 34.9 Å². The second-order valence-electron chi connectivity index (χ2n) is 5.29. The summed E-state index contributed by atoms with van der Waals surface area (Å²) in [7, 11) is 1.96. The third kappa shape index (κ3) is 4.31. The van der Waals surface area contributed by atoms with Crippen molar-refractivity contribution in [1.29, 1.82) is 0 Å². The molecule has 1 aromatic carbocycles. The van der Waals surface area contributed by atoms with Crippen molar-refractivity contribution >= 4 is 27.5 Å². The van der Waals surface area contributed by atoms with Gasteiger partial charge in [-0.2, -0.15) is 5.10 Å². The van der Waals surface area contributed by atoms with Gasteiger partial charge in [0.25, 0.3) is 0 Å². The lowest BCUT2D eigenvalue weighted by atomic mass is 10.0. The molecule has 0 bridgehead atoms. The Bertz CT molecular complexity index is 577. The summed E-state index contributed by atoms with van der Waals surface area (Å²) >= 11 is 9.64. The van der Waals surface area contributed by atoms with Gasteiger partial charge in [-0.05, 0) is 50.2 Å². The summed E-state index contributed by atoms with van der Waals surface area (Å²) in [4.78, 5) is 0. The van der Waals surface area contributed by atoms with Crippen LogP contribution < -0.4 is 5.32 Å². The van der Waals surface area contributed by atoms with Crippen LogP contribution in [0, 0.1) is 0 Å². The molecule has 0 radical (unpaired) electrons. The first-order valence-corrected chi connectivity index (χ1v) is 8.37. The van der Waals surface area contributed by atoms with Gasteiger partial charge in [0.05, 0.1) is 5.69 Å². The van der Waals surface area contributed by atoms with Gasteiger partial charge >= 0.3 is 0 Å². The molecule has 0 aliphatic heterocycles. The molecule has 1 aromatic heterocycles. The highest BCUT2D eigenvalue weighted by Gasteiger charge is 2.14. The molecule has 0 saturated heterocycles. The number of hydrogen-bond donors (Lipinski definition) is 1. The predicted molar refractivity (Wildman–Crippen MR) is 91.9 cm³/mol. The molecule has 3 nitrogen and oxygen atoms in total. The van der Waals surface area contributed by atoms with Gasteiger partial charge in [-0.3, -0.25) is 4.68 Å². The third-order valence-corrected chi connectivity index (χ3v) is 4.43. The van der Waals surface area contributed by atoms with Crippen molar-refractivity contribution in [3.05, 3.63) is 51.2 Å². The molecule has 2 atom stereocenters. The number of aromatic nitrogens is 2. The molecule has 0 amide bonds. The summed E-state index contributed by atoms with van der Waals surface area (Å²) in [6, 6.07) is 8.72. The quantitative estimate of drug-likeness (QED) is 0.793. The van der Waals surface area contributed by atoms with Gasteiger partial charge < -0.3 is 5.32 Å². The highest BCUT2D eigenvalue weighted by atomic mass is 79.9. The molecule has 0 saturated carbocycles. The Morgan fingerprint density at radius 2 is 2.14 bits per heavy atom. The first-order valence-electron chi connectivity index (χ1n) is 7.20. The van der Waals surface area contributed by atoms with Crippen molar-refractivity contribution in [2.24, 2.45) is 0 Å². The lowest BCUT2D eigenvalue weighted by Gasteiger charge is -2.16. The van der Waals surface area contributed by atoms with Crippen molar-refractivity contribution in [1.82, 2.24) is 15.1 Å². The Hall–Kier alpha value is -0.840. The van der Waals surface area contributed by atoms with Gasteiger partial charge in [0.2, 0.25) is 0 Å². The minimum Gasteiger partial charge on any atom is -0.313 e. The van der Waals surface area contributed by atoms with Crippen LogP contribution in [0.25, 0.3) is 0 Å². The number of rotatable bonds is 6. The van der Waals surface area contributed by atoms with Crippen molar-refractivity contribution in [2.45, 2.75) is 38.8 Å². The van der Waals surface area contributed by atoms with Crippen LogP contribution in [0.1, 0.15) is 43.6 Å². The van der Waals surface area contributed by atoms with Crippen LogP contribution in [0.2, 0.25) is 5.02 Å². The van der Waals surface area contributed by atoms with E-state index in [9.17, 15) is 0 Å². The molecule has 0 aliphatic carbocycles. The Morgan fingerprint density at radius 1 is 1.38 bits per heavy atom. The van der Waals surface area contributed by atoms with Crippen molar-refractivity contribution in [3.8, 4) is 0 Å². The smallest absolute Gasteiger partial charge is 0.0643 e. The number of nitrogens with zero attached hydrogens (tertiary/aromatic N) is 2. The van der Waals surface area contributed by atoms with Gasteiger partial charge in [-0.15, -0.1) is 0 Å². The highest BCUT2D eigenvalue weighted by Crippen LogP contribution is 2.25. The minimum atomic E-state index is 0.195. The molecule has 1 N–H and O–H groups in total. The van der Waals surface area contributed by atoms with Crippen molar-refractivity contribution in [3.63, 3.8) is 0 Å². The zero-order valence-electron chi connectivity index (χ0n) is 12.6. The molecule has 0 aliphatic rings. The van der Waals surface area contributed by atoms with Crippen LogP contribution in [-0.2, 0) is 6.42 Å². The average Bonchev–Trinajstić information content (AvgIpc) is 2.91. The molecule has 0 fully saturated rings. The molecule has 2 rings (SSSR count). The Kier molecular flexibility index (Phi) is 5.85. The zero-order chi connectivity index (χ0) is 15.4. The molecule has 5 heteroatoms. The van der Waals surface area contributed by atoms with E-state index in [0.717, 1.165) is 33.6 Å². The van der Waals surface area contributed by atoms with Gasteiger partial charge in [0.15, 0.2) is 0 Å². The maximum atomic E-state index is 6.14. The predicted octanol–water partition coefficient (Wildman–Crippen LogP) is 4.77. The van der Waals surface area contributed by atoms with E-state index in [1.807, 2.05) is 23.9 Å². The summed E-state index contributed by atoms with van der Waals surface area (Å²) in [5.74, 6) is 0. The van der Waals surface area contributed by atoms with Crippen LogP contribution in [-0.4, -0.2) is 16.8 Å². The highest BCUT2D eigenvalue weighted by molar-refractivity contribution is 9.10. The van der Waals surface area contributed by atoms with E-state index in [0.29, 0.717) is 6.04 Å². The van der Waals surface area contributed by atoms with Gasteiger partial charge in [0, 0.05) is 34.2 Å². The molecule has 2 aromatic rings. The van der Waals surface area contributed by atoms with Gasteiger partial charge in [0.1, 0.15) is 0 Å². The van der Waals surface area contributed by atoms with Crippen LogP contribution >= 0.6 is 27.5 Å². The summed E-state index contributed by atoms with van der Waals surface area (Å²) < 4.78 is 3.03. The third-order valence-electron chi connectivity index (χ3n) is 3.75. The van der Waals surface area contributed by atoms with Crippen molar-refractivity contribution < 1.29 is 0 Å². The first kappa shape index (κ1) is 16.5. The van der Waals surface area contributed by atoms with Gasteiger partial charge in [-0.1, -0.05) is 34.5 Å². The topological polar surface area (TPSA) is 29.9 Å². The molecular formula is C16H21BrClN3. The van der Waals surface area contributed by atoms with Crippen molar-refractivity contribution in [2.75, 3.05) is 7.05 Å². The molecule has 1 heterocycles. The summed E-state index contributed by atoms with van der Waals surface area (Å²) in [5.41, 5.74) is 2.25. The standard InChI is InChI=1S/C16H21BrClN3/c1-4-11(2)21-6-5-15(20-21)10-16(19-3)12-7-13(17)9-14(18)8-12/h5-9,11,16,19H,4,10H2,1-3H3. The maximum absolute atomic E-state index is 6.14. The number of benzene rings is 1. The Labute approximate surface area is 139 Å². The second kappa shape index (κ2) is 7.43. The lowest BCUT2D eigenvalue weighted by molar-refractivity contribution is 0.469. The number of nitrogens with one attached hydrogen (secondary N) is 1. The Morgan fingerprint density at radius 3 is 2.76 bits per heavy atom. The fourth-order valence-corrected chi connectivity index (χ4v) is 3.18. The second-order valence-corrected chi connectivity index (χ2v) is 6.64. The summed E-state index contributed by atoms with van der Waals surface area (Å²) in [6.07, 6.45) is 3.98. The van der Waals surface area contributed by atoms with Crippen LogP contribution in [0.3, 0.4) is 0 Å². The van der Waals surface area contributed by atoms with Gasteiger partial charge in [-0.25, -0.2) is 0 Å². The molecular weight excluding hydrogens is 350 g/mol.